The average Bonchev–Trinajstić information content (AvgIpc) is 3.21. The first kappa shape index (κ1) is 17.1. The molecule has 2 amide bonds. The standard InChI is InChI=1S/C20H25N3O3/c1-3-9-22-10-4-7-20(19(22)25)8-11-23(13-20)18(24)15-5-6-16-17(12-15)26-14(2)21-16/h5-6,12H,3-4,7-11,13H2,1-2H3. The average molecular weight is 355 g/mol. The van der Waals surface area contributed by atoms with Crippen molar-refractivity contribution in [2.45, 2.75) is 39.5 Å². The lowest BCUT2D eigenvalue weighted by molar-refractivity contribution is -0.145. The molecule has 2 fully saturated rings. The van der Waals surface area contributed by atoms with E-state index >= 15 is 0 Å². The van der Waals surface area contributed by atoms with Crippen LogP contribution in [-0.4, -0.2) is 52.8 Å². The second-order valence-electron chi connectivity index (χ2n) is 7.57. The van der Waals surface area contributed by atoms with Gasteiger partial charge < -0.3 is 14.2 Å². The van der Waals surface area contributed by atoms with E-state index in [1.807, 2.05) is 15.9 Å². The monoisotopic (exact) mass is 355 g/mol. The summed E-state index contributed by atoms with van der Waals surface area (Å²) in [5, 5.41) is 0. The van der Waals surface area contributed by atoms with Gasteiger partial charge in [0.15, 0.2) is 11.5 Å². The highest BCUT2D eigenvalue weighted by atomic mass is 16.3. The highest BCUT2D eigenvalue weighted by Gasteiger charge is 2.49. The first-order chi connectivity index (χ1) is 12.5. The SMILES string of the molecule is CCCN1CCCC2(CCN(C(=O)c3ccc4nc(C)oc4c3)C2)C1=O. The molecule has 0 bridgehead atoms. The fraction of sp³-hybridized carbons (Fsp3) is 0.550. The number of hydrogen-bond donors (Lipinski definition) is 0. The molecule has 4 rings (SSSR count). The minimum Gasteiger partial charge on any atom is -0.441 e. The molecule has 1 unspecified atom stereocenters. The number of nitrogens with zero attached hydrogens (tertiary/aromatic N) is 3. The summed E-state index contributed by atoms with van der Waals surface area (Å²) in [5.41, 5.74) is 1.61. The van der Waals surface area contributed by atoms with Crippen LogP contribution in [0.1, 0.15) is 48.9 Å². The number of carbonyl (C=O) groups is 2. The van der Waals surface area contributed by atoms with Crippen LogP contribution in [0.5, 0.6) is 0 Å². The first-order valence-electron chi connectivity index (χ1n) is 9.48. The Labute approximate surface area is 153 Å². The van der Waals surface area contributed by atoms with Gasteiger partial charge in [-0.2, -0.15) is 0 Å². The van der Waals surface area contributed by atoms with Gasteiger partial charge in [-0.25, -0.2) is 4.98 Å². The molecule has 6 heteroatoms. The number of likely N-dealkylation sites (tertiary alicyclic amines) is 2. The lowest BCUT2D eigenvalue weighted by Crippen LogP contribution is -2.50. The van der Waals surface area contributed by atoms with Gasteiger partial charge in [0.05, 0.1) is 5.41 Å². The number of carbonyl (C=O) groups excluding carboxylic acids is 2. The van der Waals surface area contributed by atoms with Crippen molar-refractivity contribution >= 4 is 22.9 Å². The van der Waals surface area contributed by atoms with Gasteiger partial charge >= 0.3 is 0 Å². The van der Waals surface area contributed by atoms with Gasteiger partial charge in [0.1, 0.15) is 5.52 Å². The molecule has 0 aliphatic carbocycles. The number of oxazole rings is 1. The normalized spacial score (nSPS) is 23.4. The minimum atomic E-state index is -0.379. The largest absolute Gasteiger partial charge is 0.441 e. The molecule has 26 heavy (non-hydrogen) atoms. The summed E-state index contributed by atoms with van der Waals surface area (Å²) in [4.78, 5) is 34.1. The van der Waals surface area contributed by atoms with E-state index in [1.165, 1.54) is 0 Å². The summed E-state index contributed by atoms with van der Waals surface area (Å²) in [5.74, 6) is 0.800. The van der Waals surface area contributed by atoms with E-state index in [0.29, 0.717) is 30.1 Å². The Kier molecular flexibility index (Phi) is 4.21. The van der Waals surface area contributed by atoms with Crippen molar-refractivity contribution in [3.05, 3.63) is 29.7 Å². The van der Waals surface area contributed by atoms with Crippen LogP contribution in [0, 0.1) is 12.3 Å². The zero-order chi connectivity index (χ0) is 18.3. The van der Waals surface area contributed by atoms with Crippen LogP contribution in [0.2, 0.25) is 0 Å². The number of aromatic nitrogens is 1. The van der Waals surface area contributed by atoms with E-state index in [2.05, 4.69) is 11.9 Å². The van der Waals surface area contributed by atoms with Crippen LogP contribution in [-0.2, 0) is 4.79 Å². The Morgan fingerprint density at radius 1 is 1.31 bits per heavy atom. The molecule has 6 nitrogen and oxygen atoms in total. The van der Waals surface area contributed by atoms with Crippen LogP contribution in [0.15, 0.2) is 22.6 Å². The van der Waals surface area contributed by atoms with E-state index in [0.717, 1.165) is 44.3 Å². The van der Waals surface area contributed by atoms with Crippen molar-refractivity contribution in [3.8, 4) is 0 Å². The van der Waals surface area contributed by atoms with E-state index in [1.54, 1.807) is 19.1 Å². The molecule has 2 aromatic rings. The summed E-state index contributed by atoms with van der Waals surface area (Å²) in [6.45, 7) is 6.72. The highest BCUT2D eigenvalue weighted by molar-refractivity contribution is 5.98. The molecule has 1 atom stereocenters. The van der Waals surface area contributed by atoms with Gasteiger partial charge in [-0.05, 0) is 43.9 Å². The maximum absolute atomic E-state index is 13.0. The summed E-state index contributed by atoms with van der Waals surface area (Å²) in [6.07, 6.45) is 3.65. The molecule has 2 aliphatic rings. The van der Waals surface area contributed by atoms with Crippen molar-refractivity contribution in [3.63, 3.8) is 0 Å². The van der Waals surface area contributed by atoms with Gasteiger partial charge in [-0.15, -0.1) is 0 Å². The van der Waals surface area contributed by atoms with Crippen molar-refractivity contribution < 1.29 is 14.0 Å². The molecule has 0 N–H and O–H groups in total. The van der Waals surface area contributed by atoms with E-state index in [-0.39, 0.29) is 17.2 Å². The Morgan fingerprint density at radius 2 is 2.15 bits per heavy atom. The van der Waals surface area contributed by atoms with E-state index in [4.69, 9.17) is 4.42 Å². The van der Waals surface area contributed by atoms with Crippen LogP contribution in [0.4, 0.5) is 0 Å². The van der Waals surface area contributed by atoms with Crippen molar-refractivity contribution in [2.24, 2.45) is 5.41 Å². The predicted octanol–water partition coefficient (Wildman–Crippen LogP) is 3.00. The third-order valence-corrected chi connectivity index (χ3v) is 5.70. The molecule has 2 aliphatic heterocycles. The quantitative estimate of drug-likeness (QED) is 0.849. The molecule has 0 saturated carbocycles. The lowest BCUT2D eigenvalue weighted by atomic mass is 9.78. The summed E-state index contributed by atoms with van der Waals surface area (Å²) in [7, 11) is 0. The molecule has 138 valence electrons. The van der Waals surface area contributed by atoms with Gasteiger partial charge in [0.25, 0.3) is 5.91 Å². The maximum Gasteiger partial charge on any atom is 0.254 e. The minimum absolute atomic E-state index is 0.0294. The zero-order valence-electron chi connectivity index (χ0n) is 15.5. The van der Waals surface area contributed by atoms with Crippen LogP contribution >= 0.6 is 0 Å². The molecule has 1 aromatic heterocycles. The molecular weight excluding hydrogens is 330 g/mol. The third-order valence-electron chi connectivity index (χ3n) is 5.70. The van der Waals surface area contributed by atoms with Crippen molar-refractivity contribution in [2.75, 3.05) is 26.2 Å². The molecule has 2 saturated heterocycles. The molecule has 3 heterocycles. The summed E-state index contributed by atoms with van der Waals surface area (Å²) in [6, 6.07) is 5.37. The van der Waals surface area contributed by atoms with E-state index in [9.17, 15) is 9.59 Å². The van der Waals surface area contributed by atoms with Crippen LogP contribution in [0.3, 0.4) is 0 Å². The second kappa shape index (κ2) is 6.41. The Morgan fingerprint density at radius 3 is 2.96 bits per heavy atom. The zero-order valence-corrected chi connectivity index (χ0v) is 15.5. The number of piperidine rings is 1. The first-order valence-corrected chi connectivity index (χ1v) is 9.48. The lowest BCUT2D eigenvalue weighted by Gasteiger charge is -2.39. The van der Waals surface area contributed by atoms with Crippen molar-refractivity contribution in [1.82, 2.24) is 14.8 Å². The van der Waals surface area contributed by atoms with Crippen LogP contribution < -0.4 is 0 Å². The fourth-order valence-corrected chi connectivity index (χ4v) is 4.42. The molecular formula is C20H25N3O3. The van der Waals surface area contributed by atoms with Gasteiger partial charge in [0, 0.05) is 38.7 Å². The number of rotatable bonds is 3. The Bertz CT molecular complexity index is 857. The van der Waals surface area contributed by atoms with Gasteiger partial charge in [-0.1, -0.05) is 6.92 Å². The predicted molar refractivity (Wildman–Crippen MR) is 97.8 cm³/mol. The van der Waals surface area contributed by atoms with Crippen LogP contribution in [0.25, 0.3) is 11.1 Å². The molecule has 1 aromatic carbocycles. The number of benzene rings is 1. The second-order valence-corrected chi connectivity index (χ2v) is 7.57. The van der Waals surface area contributed by atoms with E-state index < -0.39 is 0 Å². The van der Waals surface area contributed by atoms with Gasteiger partial charge in [0.2, 0.25) is 5.91 Å². The smallest absolute Gasteiger partial charge is 0.254 e. The number of amides is 2. The Balaban J connectivity index is 1.53. The summed E-state index contributed by atoms with van der Waals surface area (Å²) >= 11 is 0. The molecule has 1 spiro atoms. The molecule has 0 radical (unpaired) electrons. The summed E-state index contributed by atoms with van der Waals surface area (Å²) < 4.78 is 5.55. The topological polar surface area (TPSA) is 66.7 Å². The number of hydrogen-bond acceptors (Lipinski definition) is 4. The maximum atomic E-state index is 13.0. The van der Waals surface area contributed by atoms with Crippen molar-refractivity contribution in [1.29, 1.82) is 0 Å². The number of aryl methyl sites for hydroxylation is 1. The number of fused-ring (bicyclic) bond motifs is 1. The Hall–Kier alpha value is -2.37. The van der Waals surface area contributed by atoms with Gasteiger partial charge in [-0.3, -0.25) is 9.59 Å². The highest BCUT2D eigenvalue weighted by Crippen LogP contribution is 2.40. The fourth-order valence-electron chi connectivity index (χ4n) is 4.42. The third kappa shape index (κ3) is 2.77.